The number of hydrogen-bond donors (Lipinski definition) is 1. The van der Waals surface area contributed by atoms with Gasteiger partial charge >= 0.3 is 0 Å². The van der Waals surface area contributed by atoms with Crippen LogP contribution in [0.15, 0.2) is 34.0 Å². The molecule has 5 nitrogen and oxygen atoms in total. The molecule has 8 heteroatoms. The van der Waals surface area contributed by atoms with Gasteiger partial charge < -0.3 is 10.6 Å². The summed E-state index contributed by atoms with van der Waals surface area (Å²) >= 11 is 3.09. The summed E-state index contributed by atoms with van der Waals surface area (Å²) in [5.41, 5.74) is 7.11. The summed E-state index contributed by atoms with van der Waals surface area (Å²) in [6, 6.07) is 6.42. The Labute approximate surface area is 159 Å². The maximum Gasteiger partial charge on any atom is 0.228 e. The summed E-state index contributed by atoms with van der Waals surface area (Å²) in [4.78, 5) is 29.9. The molecule has 2 amide bonds. The molecular formula is C18H20FN3O2S2. The lowest BCUT2D eigenvalue weighted by Crippen LogP contribution is -2.42. The van der Waals surface area contributed by atoms with E-state index in [1.54, 1.807) is 28.8 Å². The van der Waals surface area contributed by atoms with E-state index in [0.29, 0.717) is 31.7 Å². The predicted octanol–water partition coefficient (Wildman–Crippen LogP) is 2.84. The van der Waals surface area contributed by atoms with Gasteiger partial charge in [0.1, 0.15) is 10.2 Å². The van der Waals surface area contributed by atoms with Gasteiger partial charge in [-0.1, -0.05) is 23.9 Å². The fourth-order valence-electron chi connectivity index (χ4n) is 2.84. The van der Waals surface area contributed by atoms with Crippen molar-refractivity contribution in [1.82, 2.24) is 9.88 Å². The van der Waals surface area contributed by atoms with Crippen molar-refractivity contribution >= 4 is 34.9 Å². The van der Waals surface area contributed by atoms with Crippen LogP contribution in [0.1, 0.15) is 24.1 Å². The lowest BCUT2D eigenvalue weighted by molar-refractivity contribution is -0.134. The molecule has 1 aromatic carbocycles. The minimum Gasteiger partial charge on any atom is -0.369 e. The van der Waals surface area contributed by atoms with Crippen molar-refractivity contribution in [3.8, 4) is 0 Å². The Bertz CT molecular complexity index is 771. The molecule has 26 heavy (non-hydrogen) atoms. The molecule has 1 aromatic heterocycles. The lowest BCUT2D eigenvalue weighted by atomic mass is 9.96. The molecule has 1 saturated heterocycles. The van der Waals surface area contributed by atoms with Crippen molar-refractivity contribution in [2.75, 3.05) is 13.1 Å². The first-order valence-corrected chi connectivity index (χ1v) is 10.3. The molecule has 0 radical (unpaired) electrons. The van der Waals surface area contributed by atoms with E-state index in [1.165, 1.54) is 23.5 Å². The fourth-order valence-corrected chi connectivity index (χ4v) is 4.64. The topological polar surface area (TPSA) is 76.3 Å². The first kappa shape index (κ1) is 18.8. The molecule has 0 spiro atoms. The summed E-state index contributed by atoms with van der Waals surface area (Å²) in [5.74, 6) is 0.108. The van der Waals surface area contributed by atoms with Gasteiger partial charge in [0.05, 0.1) is 12.1 Å². The predicted molar refractivity (Wildman–Crippen MR) is 100 cm³/mol. The lowest BCUT2D eigenvalue weighted by Gasteiger charge is -2.30. The normalized spacial score (nSPS) is 15.2. The Morgan fingerprint density at radius 3 is 2.62 bits per heavy atom. The number of likely N-dealkylation sites (tertiary alicyclic amines) is 1. The number of halogens is 1. The van der Waals surface area contributed by atoms with E-state index >= 15 is 0 Å². The molecule has 1 fully saturated rings. The number of thiazole rings is 1. The van der Waals surface area contributed by atoms with Crippen LogP contribution in [-0.2, 0) is 21.8 Å². The first-order chi connectivity index (χ1) is 12.5. The van der Waals surface area contributed by atoms with E-state index in [4.69, 9.17) is 5.73 Å². The Balaban J connectivity index is 1.48. The number of primary amides is 1. The van der Waals surface area contributed by atoms with E-state index in [-0.39, 0.29) is 30.0 Å². The van der Waals surface area contributed by atoms with Crippen LogP contribution in [0.5, 0.6) is 0 Å². The molecule has 2 N–H and O–H groups in total. The zero-order valence-corrected chi connectivity index (χ0v) is 15.8. The highest BCUT2D eigenvalue weighted by molar-refractivity contribution is 8.00. The van der Waals surface area contributed by atoms with Gasteiger partial charge in [-0.3, -0.25) is 9.59 Å². The van der Waals surface area contributed by atoms with Crippen molar-refractivity contribution < 1.29 is 14.0 Å². The third kappa shape index (κ3) is 5.04. The van der Waals surface area contributed by atoms with Crippen LogP contribution in [0, 0.1) is 11.7 Å². The summed E-state index contributed by atoms with van der Waals surface area (Å²) in [5, 5.41) is 1.90. The van der Waals surface area contributed by atoms with Crippen LogP contribution in [0.4, 0.5) is 4.39 Å². The van der Waals surface area contributed by atoms with Gasteiger partial charge in [-0.25, -0.2) is 9.37 Å². The summed E-state index contributed by atoms with van der Waals surface area (Å²) in [6.07, 6.45) is 1.54. The minimum absolute atomic E-state index is 0.0355. The van der Waals surface area contributed by atoms with Gasteiger partial charge in [-0.15, -0.1) is 11.3 Å². The molecule has 138 valence electrons. The highest BCUT2D eigenvalue weighted by atomic mass is 32.2. The Hall–Kier alpha value is -1.93. The summed E-state index contributed by atoms with van der Waals surface area (Å²) < 4.78 is 13.8. The number of hydrogen-bond acceptors (Lipinski definition) is 5. The van der Waals surface area contributed by atoms with Crippen molar-refractivity contribution in [1.29, 1.82) is 0 Å². The second kappa shape index (κ2) is 8.64. The number of piperidine rings is 1. The highest BCUT2D eigenvalue weighted by Gasteiger charge is 2.26. The molecule has 2 heterocycles. The minimum atomic E-state index is -0.278. The average Bonchev–Trinajstić information content (AvgIpc) is 3.08. The molecule has 0 unspecified atom stereocenters. The number of nitrogens with two attached hydrogens (primary N) is 1. The van der Waals surface area contributed by atoms with Gasteiger partial charge in [0, 0.05) is 30.1 Å². The van der Waals surface area contributed by atoms with E-state index in [2.05, 4.69) is 4.98 Å². The van der Waals surface area contributed by atoms with E-state index < -0.39 is 0 Å². The number of amides is 2. The van der Waals surface area contributed by atoms with Crippen LogP contribution in [0.3, 0.4) is 0 Å². The molecule has 0 saturated carbocycles. The van der Waals surface area contributed by atoms with Crippen LogP contribution < -0.4 is 5.73 Å². The molecule has 0 aliphatic carbocycles. The third-order valence-electron chi connectivity index (χ3n) is 4.39. The van der Waals surface area contributed by atoms with Crippen molar-refractivity contribution in [3.05, 3.63) is 46.7 Å². The third-order valence-corrected chi connectivity index (χ3v) is 6.53. The Morgan fingerprint density at radius 2 is 1.96 bits per heavy atom. The van der Waals surface area contributed by atoms with Crippen molar-refractivity contribution in [3.63, 3.8) is 0 Å². The molecular weight excluding hydrogens is 373 g/mol. The maximum absolute atomic E-state index is 12.9. The van der Waals surface area contributed by atoms with Gasteiger partial charge in [0.2, 0.25) is 11.8 Å². The molecule has 0 bridgehead atoms. The van der Waals surface area contributed by atoms with Gasteiger partial charge in [-0.05, 0) is 30.5 Å². The second-order valence-corrected chi connectivity index (χ2v) is 8.33. The monoisotopic (exact) mass is 393 g/mol. The van der Waals surface area contributed by atoms with Gasteiger partial charge in [0.15, 0.2) is 0 Å². The molecule has 1 aliphatic rings. The number of carbonyl (C=O) groups is 2. The van der Waals surface area contributed by atoms with Crippen LogP contribution in [0.25, 0.3) is 0 Å². The number of nitrogens with zero attached hydrogens (tertiary/aromatic N) is 2. The van der Waals surface area contributed by atoms with E-state index in [1.807, 2.05) is 5.38 Å². The standard InChI is InChI=1S/C18H20FN3O2S2/c19-14-3-1-12(2-4-14)10-25-18-21-15(11-26-18)9-16(23)22-7-5-13(6-8-22)17(20)24/h1-4,11,13H,5-10H2,(H2,20,24). The largest absolute Gasteiger partial charge is 0.369 e. The maximum atomic E-state index is 12.9. The smallest absolute Gasteiger partial charge is 0.228 e. The van der Waals surface area contributed by atoms with E-state index in [9.17, 15) is 14.0 Å². The van der Waals surface area contributed by atoms with E-state index in [0.717, 1.165) is 15.6 Å². The van der Waals surface area contributed by atoms with Gasteiger partial charge in [0.25, 0.3) is 0 Å². The number of benzene rings is 1. The van der Waals surface area contributed by atoms with Crippen LogP contribution in [0.2, 0.25) is 0 Å². The number of rotatable bonds is 6. The Morgan fingerprint density at radius 1 is 1.27 bits per heavy atom. The van der Waals surface area contributed by atoms with Crippen LogP contribution >= 0.6 is 23.1 Å². The molecule has 1 aliphatic heterocycles. The number of aromatic nitrogens is 1. The average molecular weight is 394 g/mol. The van der Waals surface area contributed by atoms with Crippen molar-refractivity contribution in [2.45, 2.75) is 29.4 Å². The highest BCUT2D eigenvalue weighted by Crippen LogP contribution is 2.27. The van der Waals surface area contributed by atoms with Gasteiger partial charge in [-0.2, -0.15) is 0 Å². The molecule has 2 aromatic rings. The molecule has 3 rings (SSSR count). The zero-order valence-electron chi connectivity index (χ0n) is 14.2. The van der Waals surface area contributed by atoms with Crippen molar-refractivity contribution in [2.24, 2.45) is 11.7 Å². The molecule has 0 atom stereocenters. The first-order valence-electron chi connectivity index (χ1n) is 8.40. The number of thioether (sulfide) groups is 1. The quantitative estimate of drug-likeness (QED) is 0.766. The summed E-state index contributed by atoms with van der Waals surface area (Å²) in [6.45, 7) is 1.14. The Kier molecular flexibility index (Phi) is 6.26. The summed E-state index contributed by atoms with van der Waals surface area (Å²) in [7, 11) is 0. The fraction of sp³-hybridized carbons (Fsp3) is 0.389. The zero-order chi connectivity index (χ0) is 18.5. The SMILES string of the molecule is NC(=O)C1CCN(C(=O)Cc2csc(SCc3ccc(F)cc3)n2)CC1. The van der Waals surface area contributed by atoms with Crippen LogP contribution in [-0.4, -0.2) is 34.8 Å². The second-order valence-electron chi connectivity index (χ2n) is 6.25. The number of carbonyl (C=O) groups excluding carboxylic acids is 2.